The highest BCUT2D eigenvalue weighted by Crippen LogP contribution is 1.72. The number of nitrogens with two attached hydrogens (primary N) is 2. The van der Waals surface area contributed by atoms with Crippen LogP contribution < -0.4 is 33.1 Å². The van der Waals surface area contributed by atoms with E-state index >= 15 is 0 Å². The minimum Gasteiger partial charge on any atom is -0.329 e. The van der Waals surface area contributed by atoms with Crippen LogP contribution in [0.2, 0.25) is 0 Å². The highest BCUT2D eigenvalue weighted by atomic mass is 17.1. The summed E-state index contributed by atoms with van der Waals surface area (Å²) in [7, 11) is 0. The molecule has 0 saturated carbocycles. The van der Waals surface area contributed by atoms with Crippen LogP contribution in [0.15, 0.2) is 0 Å². The summed E-state index contributed by atoms with van der Waals surface area (Å²) in [6, 6.07) is 0. The molecule has 10 heteroatoms. The molecule has 8 N–H and O–H groups in total. The summed E-state index contributed by atoms with van der Waals surface area (Å²) in [5.41, 5.74) is 15.4. The van der Waals surface area contributed by atoms with Crippen molar-refractivity contribution in [2.24, 2.45) is 11.5 Å². The predicted octanol–water partition coefficient (Wildman–Crippen LogP) is -3.27. The maximum Gasteiger partial charge on any atom is 0.519 e. The van der Waals surface area contributed by atoms with Crippen molar-refractivity contribution in [3.8, 4) is 0 Å². The molecule has 0 rings (SSSR count). The molecule has 0 aromatic carbocycles. The van der Waals surface area contributed by atoms with E-state index in [0.29, 0.717) is 39.3 Å². The molecule has 0 unspecified atom stereocenters. The lowest BCUT2D eigenvalue weighted by Crippen LogP contribution is -2.36. The van der Waals surface area contributed by atoms with Crippen LogP contribution in [-0.4, -0.2) is 57.4 Å². The fourth-order valence-electron chi connectivity index (χ4n) is 0.948. The quantitative estimate of drug-likeness (QED) is 0.141. The van der Waals surface area contributed by atoms with Gasteiger partial charge in [-0.15, -0.1) is 0 Å². The van der Waals surface area contributed by atoms with Gasteiger partial charge in [0.2, 0.25) is 0 Å². The SMILES string of the molecule is NCCNCCNO[N+](=O)ONCCNCCN. The fourth-order valence-corrected chi connectivity index (χ4v) is 0.948. The Labute approximate surface area is 106 Å². The van der Waals surface area contributed by atoms with Crippen molar-refractivity contribution < 1.29 is 15.0 Å². The van der Waals surface area contributed by atoms with Gasteiger partial charge in [-0.3, -0.25) is 0 Å². The van der Waals surface area contributed by atoms with Crippen LogP contribution >= 0.6 is 0 Å². The number of hydrogen-bond donors (Lipinski definition) is 6. The van der Waals surface area contributed by atoms with Crippen molar-refractivity contribution in [3.05, 3.63) is 4.91 Å². The lowest BCUT2D eigenvalue weighted by atomic mass is 10.6. The topological polar surface area (TPSA) is 139 Å². The van der Waals surface area contributed by atoms with E-state index in [9.17, 15) is 4.91 Å². The van der Waals surface area contributed by atoms with Gasteiger partial charge in [0, 0.05) is 39.3 Å². The summed E-state index contributed by atoms with van der Waals surface area (Å²) in [4.78, 5) is 19.8. The number of hydroxylamine groups is 2. The molecule has 0 aliphatic rings. The third-order valence-corrected chi connectivity index (χ3v) is 1.73. The van der Waals surface area contributed by atoms with Gasteiger partial charge < -0.3 is 22.1 Å². The second kappa shape index (κ2) is 14.0. The molecule has 0 bridgehead atoms. The molecule has 0 radical (unpaired) electrons. The highest BCUT2D eigenvalue weighted by molar-refractivity contribution is 4.47. The van der Waals surface area contributed by atoms with Gasteiger partial charge in [0.1, 0.15) is 4.91 Å². The minimum atomic E-state index is -0.0497. The molecule has 0 aromatic rings. The van der Waals surface area contributed by atoms with E-state index in [1.807, 2.05) is 0 Å². The molecule has 0 saturated heterocycles. The summed E-state index contributed by atoms with van der Waals surface area (Å²) >= 11 is 0. The zero-order chi connectivity index (χ0) is 13.5. The summed E-state index contributed by atoms with van der Waals surface area (Å²) in [5, 5.41) is 5.99. The molecule has 0 atom stereocenters. The van der Waals surface area contributed by atoms with E-state index in [2.05, 4.69) is 31.5 Å². The molecule has 0 aromatic heterocycles. The first-order chi connectivity index (χ1) is 8.81. The van der Waals surface area contributed by atoms with Gasteiger partial charge in [-0.25, -0.2) is 0 Å². The summed E-state index contributed by atoms with van der Waals surface area (Å²) < 4.78 is 0. The van der Waals surface area contributed by atoms with Crippen molar-refractivity contribution >= 4 is 0 Å². The Morgan fingerprint density at radius 1 is 0.778 bits per heavy atom. The molecule has 0 amide bonds. The summed E-state index contributed by atoms with van der Waals surface area (Å²) in [6.45, 7) is 4.77. The Morgan fingerprint density at radius 2 is 1.22 bits per heavy atom. The van der Waals surface area contributed by atoms with Crippen molar-refractivity contribution in [2.45, 2.75) is 0 Å². The smallest absolute Gasteiger partial charge is 0.329 e. The van der Waals surface area contributed by atoms with Gasteiger partial charge >= 0.3 is 5.09 Å². The second-order valence-electron chi connectivity index (χ2n) is 3.27. The first-order valence-electron chi connectivity index (χ1n) is 5.89. The van der Waals surface area contributed by atoms with Gasteiger partial charge in [0.15, 0.2) is 0 Å². The second-order valence-corrected chi connectivity index (χ2v) is 3.27. The van der Waals surface area contributed by atoms with Crippen molar-refractivity contribution in [1.29, 1.82) is 0 Å². The van der Waals surface area contributed by atoms with Crippen LogP contribution in [0.5, 0.6) is 0 Å². The molecule has 0 heterocycles. The minimum absolute atomic E-state index is 0.0497. The lowest BCUT2D eigenvalue weighted by molar-refractivity contribution is -1.00. The molecule has 10 nitrogen and oxygen atoms in total. The number of hydrogen-bond acceptors (Lipinski definition) is 9. The third-order valence-electron chi connectivity index (χ3n) is 1.73. The van der Waals surface area contributed by atoms with Gasteiger partial charge in [0.05, 0.1) is 13.1 Å². The largest absolute Gasteiger partial charge is 0.519 e. The Hall–Kier alpha value is -1.04. The van der Waals surface area contributed by atoms with Gasteiger partial charge in [-0.2, -0.15) is 0 Å². The van der Waals surface area contributed by atoms with E-state index in [1.165, 1.54) is 0 Å². The molecule has 0 spiro atoms. The summed E-state index contributed by atoms with van der Waals surface area (Å²) in [6.07, 6.45) is 0. The molecule has 0 aliphatic heterocycles. The van der Waals surface area contributed by atoms with Gasteiger partial charge in [-0.1, -0.05) is 20.8 Å². The van der Waals surface area contributed by atoms with E-state index in [1.54, 1.807) is 0 Å². The molecule has 18 heavy (non-hydrogen) atoms. The Balaban J connectivity index is 3.12. The van der Waals surface area contributed by atoms with Crippen molar-refractivity contribution in [1.82, 2.24) is 21.6 Å². The maximum absolute atomic E-state index is 10.9. The third kappa shape index (κ3) is 13.0. The number of nitrogens with one attached hydrogen (secondary N) is 4. The Morgan fingerprint density at radius 3 is 1.61 bits per heavy atom. The molecule has 0 aliphatic carbocycles. The van der Waals surface area contributed by atoms with Crippen molar-refractivity contribution in [3.63, 3.8) is 0 Å². The van der Waals surface area contributed by atoms with Crippen LogP contribution in [0.4, 0.5) is 0 Å². The molecular weight excluding hydrogens is 242 g/mol. The van der Waals surface area contributed by atoms with Crippen molar-refractivity contribution in [2.75, 3.05) is 52.4 Å². The maximum atomic E-state index is 10.9. The standard InChI is InChI=1S/C8H24N7O3/c9-1-3-11-5-7-13-17-15(16)18-14-8-6-12-4-2-10/h11-14H,1-10H2/q+1. The van der Waals surface area contributed by atoms with Gasteiger partial charge in [-0.05, 0) is 0 Å². The van der Waals surface area contributed by atoms with E-state index < -0.39 is 0 Å². The number of nitrogens with zero attached hydrogens (tertiary/aromatic N) is 1. The molecule has 108 valence electrons. The predicted molar refractivity (Wildman–Crippen MR) is 65.7 cm³/mol. The van der Waals surface area contributed by atoms with Crippen LogP contribution in [-0.2, 0) is 9.88 Å². The average Bonchev–Trinajstić information content (AvgIpc) is 2.38. The van der Waals surface area contributed by atoms with Crippen LogP contribution in [0.1, 0.15) is 0 Å². The monoisotopic (exact) mass is 266 g/mol. The van der Waals surface area contributed by atoms with Crippen LogP contribution in [0.3, 0.4) is 0 Å². The first kappa shape index (κ1) is 17.0. The molecular formula is C8H24N7O3+. The lowest BCUT2D eigenvalue weighted by Gasteiger charge is -2.01. The van der Waals surface area contributed by atoms with Crippen LogP contribution in [0, 0.1) is 4.91 Å². The van der Waals surface area contributed by atoms with E-state index in [4.69, 9.17) is 11.5 Å². The average molecular weight is 266 g/mol. The normalized spacial score (nSPS) is 10.3. The number of rotatable bonds is 14. The van der Waals surface area contributed by atoms with Gasteiger partial charge in [0.25, 0.3) is 0 Å². The zero-order valence-corrected chi connectivity index (χ0v) is 10.5. The molecule has 0 fully saturated rings. The Bertz CT molecular complexity index is 178. The summed E-state index contributed by atoms with van der Waals surface area (Å²) in [5.74, 6) is 0. The Kier molecular flexibility index (Phi) is 13.2. The zero-order valence-electron chi connectivity index (χ0n) is 10.5. The first-order valence-corrected chi connectivity index (χ1v) is 5.89. The van der Waals surface area contributed by atoms with Crippen LogP contribution in [0.25, 0.3) is 0 Å². The highest BCUT2D eigenvalue weighted by Gasteiger charge is 2.11. The van der Waals surface area contributed by atoms with E-state index in [0.717, 1.165) is 13.1 Å². The van der Waals surface area contributed by atoms with E-state index in [-0.39, 0.29) is 5.09 Å². The fraction of sp³-hybridized carbons (Fsp3) is 1.00.